The number of aliphatic imine (C=N–C) groups is 1. The van der Waals surface area contributed by atoms with Crippen molar-refractivity contribution >= 4 is 29.9 Å². The van der Waals surface area contributed by atoms with E-state index in [9.17, 15) is 0 Å². The molecule has 6 nitrogen and oxygen atoms in total. The summed E-state index contributed by atoms with van der Waals surface area (Å²) in [6.45, 7) is 7.53. The summed E-state index contributed by atoms with van der Waals surface area (Å²) in [5.74, 6) is 1.76. The van der Waals surface area contributed by atoms with Gasteiger partial charge in [-0.1, -0.05) is 25.3 Å². The second-order valence-corrected chi connectivity index (χ2v) is 8.02. The van der Waals surface area contributed by atoms with Crippen LogP contribution in [0.1, 0.15) is 43.2 Å². The largest absolute Gasteiger partial charge is 0.497 e. The fourth-order valence-electron chi connectivity index (χ4n) is 4.55. The van der Waals surface area contributed by atoms with Gasteiger partial charge in [-0.2, -0.15) is 0 Å². The Kier molecular flexibility index (Phi) is 9.98. The van der Waals surface area contributed by atoms with Gasteiger partial charge in [-0.25, -0.2) is 0 Å². The van der Waals surface area contributed by atoms with Crippen LogP contribution in [0.4, 0.5) is 0 Å². The van der Waals surface area contributed by atoms with E-state index in [2.05, 4.69) is 39.6 Å². The van der Waals surface area contributed by atoms with Gasteiger partial charge < -0.3 is 20.1 Å². The molecule has 0 spiro atoms. The minimum absolute atomic E-state index is 0. The predicted octanol–water partition coefficient (Wildman–Crippen LogP) is 3.32. The van der Waals surface area contributed by atoms with E-state index < -0.39 is 0 Å². The van der Waals surface area contributed by atoms with E-state index in [1.807, 2.05) is 13.1 Å². The van der Waals surface area contributed by atoms with E-state index in [1.54, 1.807) is 7.11 Å². The maximum absolute atomic E-state index is 5.59. The third-order valence-corrected chi connectivity index (χ3v) is 6.08. The zero-order valence-corrected chi connectivity index (χ0v) is 20.5. The summed E-state index contributed by atoms with van der Waals surface area (Å²) < 4.78 is 11.0. The minimum atomic E-state index is 0. The Morgan fingerprint density at radius 1 is 1.14 bits per heavy atom. The minimum Gasteiger partial charge on any atom is -0.497 e. The molecule has 2 fully saturated rings. The number of aryl methyl sites for hydroxylation is 1. The van der Waals surface area contributed by atoms with Crippen molar-refractivity contribution in [3.8, 4) is 5.75 Å². The number of methoxy groups -OCH3 is 1. The zero-order chi connectivity index (χ0) is 19.8. The van der Waals surface area contributed by atoms with Gasteiger partial charge in [0.25, 0.3) is 0 Å². The Morgan fingerprint density at radius 2 is 1.86 bits per heavy atom. The van der Waals surface area contributed by atoms with Crippen LogP contribution < -0.4 is 15.4 Å². The number of halogens is 1. The molecule has 1 aliphatic carbocycles. The van der Waals surface area contributed by atoms with E-state index >= 15 is 0 Å². The van der Waals surface area contributed by atoms with Gasteiger partial charge in [0, 0.05) is 38.8 Å². The fourth-order valence-corrected chi connectivity index (χ4v) is 4.55. The Labute approximate surface area is 192 Å². The highest BCUT2D eigenvalue weighted by Gasteiger charge is 2.38. The SMILES string of the molecule is CN=C(NCc1cc(C)cc(OC)c1)NCC1(N2CCOCC2)CCCCC1.I. The molecule has 1 aromatic rings. The lowest BCUT2D eigenvalue weighted by Gasteiger charge is -2.48. The molecule has 0 aromatic heterocycles. The summed E-state index contributed by atoms with van der Waals surface area (Å²) in [6.07, 6.45) is 6.49. The molecule has 1 heterocycles. The average molecular weight is 516 g/mol. The van der Waals surface area contributed by atoms with Gasteiger partial charge in [-0.3, -0.25) is 9.89 Å². The second kappa shape index (κ2) is 12.0. The van der Waals surface area contributed by atoms with Crippen LogP contribution in [0.25, 0.3) is 0 Å². The summed E-state index contributed by atoms with van der Waals surface area (Å²) >= 11 is 0. The van der Waals surface area contributed by atoms with Gasteiger partial charge in [0.1, 0.15) is 5.75 Å². The van der Waals surface area contributed by atoms with Gasteiger partial charge in [-0.15, -0.1) is 24.0 Å². The number of nitrogens with one attached hydrogen (secondary N) is 2. The van der Waals surface area contributed by atoms with E-state index in [0.29, 0.717) is 0 Å². The summed E-state index contributed by atoms with van der Waals surface area (Å²) in [5.41, 5.74) is 2.62. The molecule has 1 saturated carbocycles. The van der Waals surface area contributed by atoms with Crippen LogP contribution in [0.2, 0.25) is 0 Å². The lowest BCUT2D eigenvalue weighted by Crippen LogP contribution is -2.60. The molecule has 0 amide bonds. The normalized spacial score (nSPS) is 19.9. The molecule has 2 N–H and O–H groups in total. The number of morpholine rings is 1. The lowest BCUT2D eigenvalue weighted by molar-refractivity contribution is -0.0352. The molecule has 164 valence electrons. The van der Waals surface area contributed by atoms with Crippen molar-refractivity contribution in [2.45, 2.75) is 51.1 Å². The van der Waals surface area contributed by atoms with Gasteiger partial charge in [0.05, 0.1) is 20.3 Å². The molecule has 7 heteroatoms. The molecule has 0 bridgehead atoms. The number of hydrogen-bond acceptors (Lipinski definition) is 4. The number of hydrogen-bond donors (Lipinski definition) is 2. The fraction of sp³-hybridized carbons (Fsp3) is 0.682. The molecule has 2 aliphatic rings. The van der Waals surface area contributed by atoms with Crippen molar-refractivity contribution < 1.29 is 9.47 Å². The molecule has 1 aromatic carbocycles. The number of benzene rings is 1. The Hall–Kier alpha value is -1.06. The highest BCUT2D eigenvalue weighted by molar-refractivity contribution is 14.0. The van der Waals surface area contributed by atoms with Crippen molar-refractivity contribution in [3.63, 3.8) is 0 Å². The molecule has 0 radical (unpaired) electrons. The maximum Gasteiger partial charge on any atom is 0.191 e. The predicted molar refractivity (Wildman–Crippen MR) is 130 cm³/mol. The molecule has 1 saturated heterocycles. The van der Waals surface area contributed by atoms with Crippen molar-refractivity contribution in [1.82, 2.24) is 15.5 Å². The van der Waals surface area contributed by atoms with E-state index in [4.69, 9.17) is 9.47 Å². The number of ether oxygens (including phenoxy) is 2. The first kappa shape index (κ1) is 24.2. The van der Waals surface area contributed by atoms with E-state index in [0.717, 1.165) is 51.1 Å². The summed E-state index contributed by atoms with van der Waals surface area (Å²) in [5, 5.41) is 7.08. The quantitative estimate of drug-likeness (QED) is 0.345. The van der Waals surface area contributed by atoms with Crippen molar-refractivity contribution in [2.75, 3.05) is 47.0 Å². The lowest BCUT2D eigenvalue weighted by atomic mass is 9.80. The molecule has 0 unspecified atom stereocenters. The third-order valence-electron chi connectivity index (χ3n) is 6.08. The van der Waals surface area contributed by atoms with Crippen molar-refractivity contribution in [3.05, 3.63) is 29.3 Å². The Bertz CT molecular complexity index is 656. The molecule has 3 rings (SSSR count). The van der Waals surface area contributed by atoms with Crippen LogP contribution in [-0.4, -0.2) is 63.4 Å². The van der Waals surface area contributed by atoms with Crippen LogP contribution in [0.15, 0.2) is 23.2 Å². The average Bonchev–Trinajstić information content (AvgIpc) is 2.74. The standard InChI is InChI=1S/C22H36N4O2.HI/c1-18-13-19(15-20(14-18)27-3)16-24-21(23-2)25-17-22(7-5-4-6-8-22)26-9-11-28-12-10-26;/h13-15H,4-12,16-17H2,1-3H3,(H2,23,24,25);1H. The van der Waals surface area contributed by atoms with Crippen LogP contribution in [-0.2, 0) is 11.3 Å². The molecular formula is C22H37IN4O2. The highest BCUT2D eigenvalue weighted by atomic mass is 127. The summed E-state index contributed by atoms with van der Waals surface area (Å²) in [4.78, 5) is 7.10. The number of rotatable bonds is 6. The van der Waals surface area contributed by atoms with Crippen LogP contribution in [0.3, 0.4) is 0 Å². The highest BCUT2D eigenvalue weighted by Crippen LogP contribution is 2.33. The Balaban J connectivity index is 0.00000300. The van der Waals surface area contributed by atoms with Crippen LogP contribution in [0.5, 0.6) is 5.75 Å². The van der Waals surface area contributed by atoms with Crippen molar-refractivity contribution in [1.29, 1.82) is 0 Å². The topological polar surface area (TPSA) is 58.1 Å². The zero-order valence-electron chi connectivity index (χ0n) is 18.1. The van der Waals surface area contributed by atoms with Gasteiger partial charge in [-0.05, 0) is 43.0 Å². The molecular weight excluding hydrogens is 479 g/mol. The monoisotopic (exact) mass is 516 g/mol. The van der Waals surface area contributed by atoms with Gasteiger partial charge in [0.15, 0.2) is 5.96 Å². The summed E-state index contributed by atoms with van der Waals surface area (Å²) in [6, 6.07) is 6.30. The first-order valence-electron chi connectivity index (χ1n) is 10.6. The first-order valence-corrected chi connectivity index (χ1v) is 10.6. The van der Waals surface area contributed by atoms with Gasteiger partial charge >= 0.3 is 0 Å². The van der Waals surface area contributed by atoms with E-state index in [1.165, 1.54) is 43.2 Å². The van der Waals surface area contributed by atoms with Crippen LogP contribution >= 0.6 is 24.0 Å². The maximum atomic E-state index is 5.59. The van der Waals surface area contributed by atoms with E-state index in [-0.39, 0.29) is 29.5 Å². The van der Waals surface area contributed by atoms with Crippen LogP contribution in [0, 0.1) is 6.92 Å². The smallest absolute Gasteiger partial charge is 0.191 e. The molecule has 1 aliphatic heterocycles. The Morgan fingerprint density at radius 3 is 2.52 bits per heavy atom. The number of guanidine groups is 1. The third kappa shape index (κ3) is 6.72. The van der Waals surface area contributed by atoms with Crippen molar-refractivity contribution in [2.24, 2.45) is 4.99 Å². The second-order valence-electron chi connectivity index (χ2n) is 8.02. The summed E-state index contributed by atoms with van der Waals surface area (Å²) in [7, 11) is 3.55. The first-order chi connectivity index (χ1) is 13.6. The number of nitrogens with zero attached hydrogens (tertiary/aromatic N) is 2. The molecule has 29 heavy (non-hydrogen) atoms. The van der Waals surface area contributed by atoms with Gasteiger partial charge in [0.2, 0.25) is 0 Å². The molecule has 0 atom stereocenters.